The molecule has 1 heterocycles. The SMILES string of the molecule is CN(C)c1cccc2c(S(=O)(=O)NCC3CCCO3)cccc12. The van der Waals surface area contributed by atoms with Gasteiger partial charge in [0.1, 0.15) is 0 Å². The minimum Gasteiger partial charge on any atom is -0.377 e. The summed E-state index contributed by atoms with van der Waals surface area (Å²) in [5.74, 6) is 0. The summed E-state index contributed by atoms with van der Waals surface area (Å²) < 4.78 is 33.6. The second-order valence-corrected chi connectivity index (χ2v) is 7.75. The molecule has 1 aliphatic rings. The fraction of sp³-hybridized carbons (Fsp3) is 0.412. The van der Waals surface area contributed by atoms with Gasteiger partial charge in [-0.15, -0.1) is 0 Å². The average Bonchev–Trinajstić information content (AvgIpc) is 3.05. The number of sulfonamides is 1. The van der Waals surface area contributed by atoms with Crippen LogP contribution in [0.1, 0.15) is 12.8 Å². The molecule has 1 unspecified atom stereocenters. The fourth-order valence-corrected chi connectivity index (χ4v) is 4.26. The Kier molecular flexibility index (Phi) is 4.57. The van der Waals surface area contributed by atoms with Gasteiger partial charge in [-0.3, -0.25) is 0 Å². The summed E-state index contributed by atoms with van der Waals surface area (Å²) in [5.41, 5.74) is 0.999. The third-order valence-corrected chi connectivity index (χ3v) is 5.64. The Labute approximate surface area is 137 Å². The molecule has 3 rings (SSSR count). The normalized spacial score (nSPS) is 18.4. The number of hydrogen-bond donors (Lipinski definition) is 1. The van der Waals surface area contributed by atoms with Crippen molar-refractivity contribution in [3.63, 3.8) is 0 Å². The first-order valence-corrected chi connectivity index (χ1v) is 9.28. The van der Waals surface area contributed by atoms with Gasteiger partial charge >= 0.3 is 0 Å². The molecule has 0 aliphatic carbocycles. The molecule has 0 aromatic heterocycles. The van der Waals surface area contributed by atoms with Crippen molar-refractivity contribution in [3.8, 4) is 0 Å². The predicted octanol–water partition coefficient (Wildman–Crippen LogP) is 2.36. The van der Waals surface area contributed by atoms with E-state index in [1.807, 2.05) is 43.3 Å². The Morgan fingerprint density at radius 2 is 1.91 bits per heavy atom. The molecule has 0 amide bonds. The summed E-state index contributed by atoms with van der Waals surface area (Å²) in [5, 5.41) is 1.66. The molecular formula is C17H22N2O3S. The van der Waals surface area contributed by atoms with Gasteiger partial charge in [0, 0.05) is 43.7 Å². The van der Waals surface area contributed by atoms with Crippen LogP contribution in [0, 0.1) is 0 Å². The monoisotopic (exact) mass is 334 g/mol. The maximum Gasteiger partial charge on any atom is 0.241 e. The smallest absolute Gasteiger partial charge is 0.241 e. The van der Waals surface area contributed by atoms with Crippen LogP contribution in [-0.4, -0.2) is 41.8 Å². The summed E-state index contributed by atoms with van der Waals surface area (Å²) >= 11 is 0. The number of anilines is 1. The number of benzene rings is 2. The average molecular weight is 334 g/mol. The molecule has 1 aliphatic heterocycles. The lowest BCUT2D eigenvalue weighted by atomic mass is 10.1. The lowest BCUT2D eigenvalue weighted by Gasteiger charge is -2.17. The van der Waals surface area contributed by atoms with Gasteiger partial charge in [0.05, 0.1) is 11.0 Å². The second kappa shape index (κ2) is 6.47. The van der Waals surface area contributed by atoms with E-state index in [2.05, 4.69) is 4.72 Å². The van der Waals surface area contributed by atoms with Crippen molar-refractivity contribution < 1.29 is 13.2 Å². The minimum absolute atomic E-state index is 0.0166. The quantitative estimate of drug-likeness (QED) is 0.912. The summed E-state index contributed by atoms with van der Waals surface area (Å²) in [4.78, 5) is 2.30. The van der Waals surface area contributed by atoms with Crippen molar-refractivity contribution in [1.29, 1.82) is 0 Å². The molecule has 0 radical (unpaired) electrons. The number of nitrogens with zero attached hydrogens (tertiary/aromatic N) is 1. The molecular weight excluding hydrogens is 312 g/mol. The zero-order chi connectivity index (χ0) is 16.4. The van der Waals surface area contributed by atoms with Gasteiger partial charge < -0.3 is 9.64 Å². The van der Waals surface area contributed by atoms with Crippen LogP contribution in [0.15, 0.2) is 41.3 Å². The summed E-state index contributed by atoms with van der Waals surface area (Å²) in [7, 11) is 0.335. The van der Waals surface area contributed by atoms with E-state index >= 15 is 0 Å². The molecule has 23 heavy (non-hydrogen) atoms. The zero-order valence-corrected chi connectivity index (χ0v) is 14.3. The standard InChI is InChI=1S/C17H22N2O3S/c1-19(2)16-9-3-8-15-14(16)7-4-10-17(15)23(20,21)18-12-13-6-5-11-22-13/h3-4,7-10,13,18H,5-6,11-12H2,1-2H3. The van der Waals surface area contributed by atoms with E-state index in [1.54, 1.807) is 12.1 Å². The Balaban J connectivity index is 1.96. The highest BCUT2D eigenvalue weighted by Crippen LogP contribution is 2.30. The molecule has 1 saturated heterocycles. The fourth-order valence-electron chi connectivity index (χ4n) is 2.97. The molecule has 5 nitrogen and oxygen atoms in total. The van der Waals surface area contributed by atoms with Crippen LogP contribution < -0.4 is 9.62 Å². The number of ether oxygens (including phenoxy) is 1. The second-order valence-electron chi connectivity index (χ2n) is 6.01. The maximum atomic E-state index is 12.7. The van der Waals surface area contributed by atoms with Crippen LogP contribution in [0.5, 0.6) is 0 Å². The number of hydrogen-bond acceptors (Lipinski definition) is 4. The summed E-state index contributed by atoms with van der Waals surface area (Å²) in [6.07, 6.45) is 1.88. The van der Waals surface area contributed by atoms with Crippen LogP contribution in [0.3, 0.4) is 0 Å². The van der Waals surface area contributed by atoms with Crippen LogP contribution in [0.2, 0.25) is 0 Å². The third kappa shape index (κ3) is 3.34. The lowest BCUT2D eigenvalue weighted by molar-refractivity contribution is 0.114. The molecule has 1 fully saturated rings. The molecule has 0 bridgehead atoms. The van der Waals surface area contributed by atoms with Gasteiger partial charge in [-0.25, -0.2) is 13.1 Å². The first kappa shape index (κ1) is 16.2. The van der Waals surface area contributed by atoms with Crippen molar-refractivity contribution in [2.24, 2.45) is 0 Å². The van der Waals surface area contributed by atoms with Gasteiger partial charge in [-0.1, -0.05) is 24.3 Å². The van der Waals surface area contributed by atoms with Crippen LogP contribution >= 0.6 is 0 Å². The Bertz CT molecular complexity index is 797. The van der Waals surface area contributed by atoms with Crippen molar-refractivity contribution >= 4 is 26.5 Å². The number of fused-ring (bicyclic) bond motifs is 1. The Morgan fingerprint density at radius 1 is 1.17 bits per heavy atom. The minimum atomic E-state index is -3.57. The Hall–Kier alpha value is -1.63. The topological polar surface area (TPSA) is 58.6 Å². The molecule has 1 atom stereocenters. The number of rotatable bonds is 5. The molecule has 1 N–H and O–H groups in total. The molecule has 124 valence electrons. The lowest BCUT2D eigenvalue weighted by Crippen LogP contribution is -2.31. The van der Waals surface area contributed by atoms with Gasteiger partial charge in [0.25, 0.3) is 0 Å². The van der Waals surface area contributed by atoms with E-state index in [0.29, 0.717) is 18.0 Å². The van der Waals surface area contributed by atoms with Gasteiger partial charge in [-0.05, 0) is 25.0 Å². The molecule has 0 spiro atoms. The van der Waals surface area contributed by atoms with Crippen LogP contribution in [0.25, 0.3) is 10.8 Å². The first-order chi connectivity index (χ1) is 11.0. The summed E-state index contributed by atoms with van der Waals surface area (Å²) in [6, 6.07) is 11.1. The molecule has 2 aromatic rings. The highest BCUT2D eigenvalue weighted by molar-refractivity contribution is 7.89. The highest BCUT2D eigenvalue weighted by atomic mass is 32.2. The molecule has 0 saturated carbocycles. The van der Waals surface area contributed by atoms with Crippen LogP contribution in [0.4, 0.5) is 5.69 Å². The van der Waals surface area contributed by atoms with Gasteiger partial charge in [0.15, 0.2) is 0 Å². The maximum absolute atomic E-state index is 12.7. The number of nitrogens with one attached hydrogen (secondary N) is 1. The van der Waals surface area contributed by atoms with E-state index in [-0.39, 0.29) is 6.10 Å². The van der Waals surface area contributed by atoms with E-state index < -0.39 is 10.0 Å². The highest BCUT2D eigenvalue weighted by Gasteiger charge is 2.22. The molecule has 2 aromatic carbocycles. The Morgan fingerprint density at radius 3 is 2.61 bits per heavy atom. The van der Waals surface area contributed by atoms with Crippen LogP contribution in [-0.2, 0) is 14.8 Å². The predicted molar refractivity (Wildman–Crippen MR) is 92.4 cm³/mol. The van der Waals surface area contributed by atoms with Crippen molar-refractivity contribution in [2.45, 2.75) is 23.8 Å². The van der Waals surface area contributed by atoms with E-state index in [0.717, 1.165) is 29.3 Å². The van der Waals surface area contributed by atoms with E-state index in [9.17, 15) is 8.42 Å². The van der Waals surface area contributed by atoms with Crippen molar-refractivity contribution in [2.75, 3.05) is 32.1 Å². The van der Waals surface area contributed by atoms with E-state index in [1.165, 1.54) is 0 Å². The van der Waals surface area contributed by atoms with Gasteiger partial charge in [-0.2, -0.15) is 0 Å². The van der Waals surface area contributed by atoms with Crippen molar-refractivity contribution in [3.05, 3.63) is 36.4 Å². The van der Waals surface area contributed by atoms with Gasteiger partial charge in [0.2, 0.25) is 10.0 Å². The third-order valence-electron chi connectivity index (χ3n) is 4.16. The van der Waals surface area contributed by atoms with Crippen molar-refractivity contribution in [1.82, 2.24) is 4.72 Å². The zero-order valence-electron chi connectivity index (χ0n) is 13.5. The largest absolute Gasteiger partial charge is 0.377 e. The summed E-state index contributed by atoms with van der Waals surface area (Å²) in [6.45, 7) is 1.04. The van der Waals surface area contributed by atoms with E-state index in [4.69, 9.17) is 4.74 Å². The first-order valence-electron chi connectivity index (χ1n) is 7.79. The molecule has 6 heteroatoms.